The minimum Gasteiger partial charge on any atom is -0.497 e. The third-order valence-electron chi connectivity index (χ3n) is 2.59. The van der Waals surface area contributed by atoms with E-state index in [0.29, 0.717) is 16.6 Å². The third kappa shape index (κ3) is 4.33. The predicted octanol–water partition coefficient (Wildman–Crippen LogP) is 3.03. The summed E-state index contributed by atoms with van der Waals surface area (Å²) < 4.78 is 11.6. The molecule has 22 heavy (non-hydrogen) atoms. The summed E-state index contributed by atoms with van der Waals surface area (Å²) in [4.78, 5) is 15.6. The maximum absolute atomic E-state index is 11.4. The van der Waals surface area contributed by atoms with Crippen molar-refractivity contribution in [2.24, 2.45) is 0 Å². The molecule has 0 bridgehead atoms. The molecule has 2 rings (SSSR count). The summed E-state index contributed by atoms with van der Waals surface area (Å²) in [6, 6.07) is 5.21. The highest BCUT2D eigenvalue weighted by Crippen LogP contribution is 2.26. The number of ether oxygens (including phenoxy) is 2. The van der Waals surface area contributed by atoms with Gasteiger partial charge in [0.2, 0.25) is 0 Å². The number of carbonyl (C=O) groups excluding carboxylic acids is 1. The molecular formula is C15H16ClN3O3. The summed E-state index contributed by atoms with van der Waals surface area (Å²) in [6.07, 6.45) is 4.09. The van der Waals surface area contributed by atoms with Gasteiger partial charge in [0.25, 0.3) is 0 Å². The molecule has 0 saturated heterocycles. The number of rotatable bonds is 5. The van der Waals surface area contributed by atoms with E-state index in [2.05, 4.69) is 10.1 Å². The number of carbonyl (C=O) groups is 1. The van der Waals surface area contributed by atoms with Crippen LogP contribution in [0, 0.1) is 0 Å². The lowest BCUT2D eigenvalue weighted by atomic mass is 10.2. The Hall–Kier alpha value is -2.34. The predicted molar refractivity (Wildman–Crippen MR) is 83.6 cm³/mol. The Morgan fingerprint density at radius 3 is 2.82 bits per heavy atom. The summed E-state index contributed by atoms with van der Waals surface area (Å²) in [5.41, 5.74) is 0.723. The van der Waals surface area contributed by atoms with Crippen LogP contribution in [0.3, 0.4) is 0 Å². The molecule has 116 valence electrons. The average molecular weight is 322 g/mol. The van der Waals surface area contributed by atoms with Crippen LogP contribution in [0.25, 0.3) is 17.6 Å². The van der Waals surface area contributed by atoms with Crippen LogP contribution in [0.15, 0.2) is 30.6 Å². The van der Waals surface area contributed by atoms with Gasteiger partial charge >= 0.3 is 5.97 Å². The first-order valence-corrected chi connectivity index (χ1v) is 7.00. The van der Waals surface area contributed by atoms with E-state index >= 15 is 0 Å². The molecule has 1 aromatic carbocycles. The standard InChI is InChI=1S/C15H16ClN3O3/c1-10(2)22-14(20)4-5-19-9-17-15(18-19)11-6-12(16)8-13(7-11)21-3/h4-10H,1-3H3/b5-4-. The number of nitrogens with zero attached hydrogens (tertiary/aromatic N) is 3. The van der Waals surface area contributed by atoms with Gasteiger partial charge in [0, 0.05) is 22.9 Å². The monoisotopic (exact) mass is 321 g/mol. The molecule has 1 heterocycles. The van der Waals surface area contributed by atoms with Crippen LogP contribution in [-0.4, -0.2) is 33.9 Å². The van der Waals surface area contributed by atoms with E-state index in [9.17, 15) is 4.79 Å². The van der Waals surface area contributed by atoms with Gasteiger partial charge in [0.05, 0.1) is 13.2 Å². The fourth-order valence-electron chi connectivity index (χ4n) is 1.70. The molecule has 0 aliphatic heterocycles. The van der Waals surface area contributed by atoms with Crippen molar-refractivity contribution in [3.05, 3.63) is 35.6 Å². The van der Waals surface area contributed by atoms with Gasteiger partial charge in [-0.25, -0.2) is 14.5 Å². The van der Waals surface area contributed by atoms with Crippen LogP contribution >= 0.6 is 11.6 Å². The quantitative estimate of drug-likeness (QED) is 0.625. The topological polar surface area (TPSA) is 66.2 Å². The maximum Gasteiger partial charge on any atom is 0.332 e. The van der Waals surface area contributed by atoms with E-state index in [4.69, 9.17) is 21.1 Å². The lowest BCUT2D eigenvalue weighted by Crippen LogP contribution is -2.08. The Balaban J connectivity index is 2.16. The zero-order valence-electron chi connectivity index (χ0n) is 12.5. The lowest BCUT2D eigenvalue weighted by Gasteiger charge is -2.03. The van der Waals surface area contributed by atoms with Crippen LogP contribution in [0.1, 0.15) is 13.8 Å². The molecular weight excluding hydrogens is 306 g/mol. The number of methoxy groups -OCH3 is 1. The van der Waals surface area contributed by atoms with E-state index in [0.717, 1.165) is 5.56 Å². The second-order valence-corrected chi connectivity index (χ2v) is 5.17. The zero-order chi connectivity index (χ0) is 16.1. The molecule has 0 spiro atoms. The normalized spacial score (nSPS) is 11.1. The molecule has 7 heteroatoms. The highest BCUT2D eigenvalue weighted by atomic mass is 35.5. The second kappa shape index (κ2) is 7.09. The van der Waals surface area contributed by atoms with Crippen molar-refractivity contribution in [2.45, 2.75) is 20.0 Å². The molecule has 0 unspecified atom stereocenters. The summed E-state index contributed by atoms with van der Waals surface area (Å²) in [6.45, 7) is 3.57. The van der Waals surface area contributed by atoms with Crippen molar-refractivity contribution >= 4 is 23.8 Å². The number of hydrogen-bond donors (Lipinski definition) is 0. The van der Waals surface area contributed by atoms with Crippen molar-refractivity contribution in [1.29, 1.82) is 0 Å². The molecule has 0 aliphatic carbocycles. The molecule has 0 fully saturated rings. The molecule has 1 aromatic heterocycles. The molecule has 0 amide bonds. The van der Waals surface area contributed by atoms with Crippen LogP contribution in [0.2, 0.25) is 5.02 Å². The minimum absolute atomic E-state index is 0.164. The van der Waals surface area contributed by atoms with Gasteiger partial charge < -0.3 is 9.47 Å². The van der Waals surface area contributed by atoms with Gasteiger partial charge in [0.1, 0.15) is 12.1 Å². The summed E-state index contributed by atoms with van der Waals surface area (Å²) >= 11 is 6.02. The zero-order valence-corrected chi connectivity index (χ0v) is 13.2. The Labute approximate surface area is 133 Å². The molecule has 0 aliphatic rings. The van der Waals surface area contributed by atoms with E-state index in [1.807, 2.05) is 0 Å². The largest absolute Gasteiger partial charge is 0.497 e. The van der Waals surface area contributed by atoms with Crippen molar-refractivity contribution in [3.8, 4) is 17.1 Å². The van der Waals surface area contributed by atoms with Gasteiger partial charge in [0.15, 0.2) is 5.82 Å². The molecule has 2 aromatic rings. The van der Waals surface area contributed by atoms with Crippen LogP contribution in [-0.2, 0) is 9.53 Å². The van der Waals surface area contributed by atoms with Crippen LogP contribution < -0.4 is 4.74 Å². The van der Waals surface area contributed by atoms with Crippen LogP contribution in [0.4, 0.5) is 0 Å². The SMILES string of the molecule is COc1cc(Cl)cc(-c2ncn(/C=C\C(=O)OC(C)C)n2)c1. The van der Waals surface area contributed by atoms with Crippen molar-refractivity contribution in [1.82, 2.24) is 14.8 Å². The maximum atomic E-state index is 11.4. The lowest BCUT2D eigenvalue weighted by molar-refractivity contribution is -0.141. The summed E-state index contributed by atoms with van der Waals surface area (Å²) in [5.74, 6) is 0.661. The highest BCUT2D eigenvalue weighted by Gasteiger charge is 2.07. The first kappa shape index (κ1) is 16.0. The molecule has 0 saturated carbocycles. The molecule has 6 nitrogen and oxygen atoms in total. The van der Waals surface area contributed by atoms with Crippen LogP contribution in [0.5, 0.6) is 5.75 Å². The Morgan fingerprint density at radius 1 is 1.36 bits per heavy atom. The Morgan fingerprint density at radius 2 is 2.14 bits per heavy atom. The summed E-state index contributed by atoms with van der Waals surface area (Å²) in [5, 5.41) is 4.77. The van der Waals surface area contributed by atoms with Crippen molar-refractivity contribution in [3.63, 3.8) is 0 Å². The van der Waals surface area contributed by atoms with E-state index < -0.39 is 5.97 Å². The smallest absolute Gasteiger partial charge is 0.332 e. The Kier molecular flexibility index (Phi) is 5.16. The van der Waals surface area contributed by atoms with Crippen molar-refractivity contribution in [2.75, 3.05) is 7.11 Å². The second-order valence-electron chi connectivity index (χ2n) is 4.73. The Bertz CT molecular complexity index is 695. The number of hydrogen-bond acceptors (Lipinski definition) is 5. The molecule has 0 atom stereocenters. The first-order chi connectivity index (χ1) is 10.5. The number of aromatic nitrogens is 3. The van der Waals surface area contributed by atoms with E-state index in [1.54, 1.807) is 39.2 Å². The van der Waals surface area contributed by atoms with Gasteiger partial charge in [-0.15, -0.1) is 5.10 Å². The third-order valence-corrected chi connectivity index (χ3v) is 2.81. The first-order valence-electron chi connectivity index (χ1n) is 6.63. The van der Waals surface area contributed by atoms with E-state index in [1.165, 1.54) is 23.3 Å². The fraction of sp³-hybridized carbons (Fsp3) is 0.267. The van der Waals surface area contributed by atoms with Gasteiger partial charge in [-0.1, -0.05) is 11.6 Å². The van der Waals surface area contributed by atoms with E-state index in [-0.39, 0.29) is 6.10 Å². The number of esters is 1. The fourth-order valence-corrected chi connectivity index (χ4v) is 1.92. The average Bonchev–Trinajstić information content (AvgIpc) is 2.92. The number of halogens is 1. The van der Waals surface area contributed by atoms with Gasteiger partial charge in [-0.2, -0.15) is 0 Å². The molecule has 0 radical (unpaired) electrons. The number of benzene rings is 1. The van der Waals surface area contributed by atoms with Gasteiger partial charge in [-0.05, 0) is 32.0 Å². The molecule has 0 N–H and O–H groups in total. The van der Waals surface area contributed by atoms with Gasteiger partial charge in [-0.3, -0.25) is 0 Å². The summed E-state index contributed by atoms with van der Waals surface area (Å²) in [7, 11) is 1.56. The van der Waals surface area contributed by atoms with Crippen molar-refractivity contribution < 1.29 is 14.3 Å². The minimum atomic E-state index is -0.434. The highest BCUT2D eigenvalue weighted by molar-refractivity contribution is 6.31.